The maximum absolute atomic E-state index is 14.0. The minimum Gasteiger partial charge on any atom is -0.349 e. The molecule has 2 aromatic carbocycles. The first-order valence-corrected chi connectivity index (χ1v) is 13.4. The van der Waals surface area contributed by atoms with Crippen LogP contribution in [0.2, 0.25) is 0 Å². The Morgan fingerprint density at radius 2 is 1.57 bits per heavy atom. The van der Waals surface area contributed by atoms with Crippen molar-refractivity contribution in [3.05, 3.63) is 86.6 Å². The van der Waals surface area contributed by atoms with Crippen LogP contribution in [0.4, 0.5) is 5.69 Å². The topological polar surface area (TPSA) is 78.5 Å². The van der Waals surface area contributed by atoms with Gasteiger partial charge in [-0.25, -0.2) is 0 Å². The van der Waals surface area contributed by atoms with E-state index in [1.807, 2.05) is 90.2 Å². The molecular weight excluding hydrogens is 482 g/mol. The molecule has 0 unspecified atom stereocenters. The van der Waals surface area contributed by atoms with Gasteiger partial charge in [0.1, 0.15) is 6.04 Å². The molecular formula is C30H37N3O3S. The molecule has 0 saturated carbocycles. The van der Waals surface area contributed by atoms with E-state index in [2.05, 4.69) is 10.6 Å². The van der Waals surface area contributed by atoms with E-state index in [9.17, 15) is 14.4 Å². The zero-order valence-corrected chi connectivity index (χ0v) is 23.6. The number of hydrogen-bond acceptors (Lipinski definition) is 4. The number of carbonyl (C=O) groups excluding carboxylic acids is 3. The summed E-state index contributed by atoms with van der Waals surface area (Å²) in [6, 6.07) is 14.3. The van der Waals surface area contributed by atoms with Gasteiger partial charge < -0.3 is 10.6 Å². The van der Waals surface area contributed by atoms with E-state index in [0.29, 0.717) is 16.1 Å². The standard InChI is InChI=1S/C30H37N3O3S/c1-8-30(6,7)32-29(36)27(23-13-11-19(2)12-14-23)33(26-21(4)16-20(3)17-22(26)5)25(34)18-31-28(35)24-10-9-15-37-24/h9-17,27H,8,18H2,1-7H3,(H,31,35)(H,32,36)/t27-/m0/s1. The third-order valence-electron chi connectivity index (χ3n) is 6.54. The summed E-state index contributed by atoms with van der Waals surface area (Å²) in [6.45, 7) is 13.6. The first-order chi connectivity index (χ1) is 17.4. The summed E-state index contributed by atoms with van der Waals surface area (Å²) in [7, 11) is 0. The van der Waals surface area contributed by atoms with Gasteiger partial charge in [0.2, 0.25) is 11.8 Å². The molecule has 196 valence electrons. The van der Waals surface area contributed by atoms with E-state index in [0.717, 1.165) is 28.7 Å². The summed E-state index contributed by atoms with van der Waals surface area (Å²) in [5.41, 5.74) is 4.81. The van der Waals surface area contributed by atoms with Crippen molar-refractivity contribution in [2.24, 2.45) is 0 Å². The Bertz CT molecular complexity index is 1240. The van der Waals surface area contributed by atoms with Crippen molar-refractivity contribution >= 4 is 34.7 Å². The van der Waals surface area contributed by atoms with Crippen LogP contribution in [0, 0.1) is 27.7 Å². The number of anilines is 1. The van der Waals surface area contributed by atoms with Crippen LogP contribution in [0.25, 0.3) is 0 Å². The van der Waals surface area contributed by atoms with Gasteiger partial charge in [-0.3, -0.25) is 19.3 Å². The molecule has 0 radical (unpaired) electrons. The molecule has 0 fully saturated rings. The summed E-state index contributed by atoms with van der Waals surface area (Å²) in [6.07, 6.45) is 0.729. The van der Waals surface area contributed by atoms with Crippen LogP contribution in [0.5, 0.6) is 0 Å². The van der Waals surface area contributed by atoms with E-state index in [1.54, 1.807) is 17.0 Å². The van der Waals surface area contributed by atoms with Crippen LogP contribution < -0.4 is 15.5 Å². The van der Waals surface area contributed by atoms with Gasteiger partial charge in [-0.2, -0.15) is 0 Å². The van der Waals surface area contributed by atoms with Gasteiger partial charge in [0.05, 0.1) is 17.1 Å². The van der Waals surface area contributed by atoms with Crippen LogP contribution in [-0.2, 0) is 9.59 Å². The fourth-order valence-corrected chi connectivity index (χ4v) is 4.98. The molecule has 0 aliphatic rings. The Kier molecular flexibility index (Phi) is 8.92. The van der Waals surface area contributed by atoms with Crippen molar-refractivity contribution in [3.8, 4) is 0 Å². The normalized spacial score (nSPS) is 12.1. The first kappa shape index (κ1) is 28.1. The van der Waals surface area contributed by atoms with Crippen LogP contribution in [0.3, 0.4) is 0 Å². The number of nitrogens with zero attached hydrogens (tertiary/aromatic N) is 1. The molecule has 1 aromatic heterocycles. The second-order valence-electron chi connectivity index (χ2n) is 10.2. The van der Waals surface area contributed by atoms with Gasteiger partial charge >= 0.3 is 0 Å². The highest BCUT2D eigenvalue weighted by Gasteiger charge is 2.36. The molecule has 6 nitrogen and oxygen atoms in total. The van der Waals surface area contributed by atoms with Crippen LogP contribution in [0.15, 0.2) is 53.9 Å². The Morgan fingerprint density at radius 3 is 2.11 bits per heavy atom. The molecule has 0 saturated heterocycles. The van der Waals surface area contributed by atoms with Crippen LogP contribution >= 0.6 is 11.3 Å². The lowest BCUT2D eigenvalue weighted by Crippen LogP contribution is -2.52. The molecule has 3 amide bonds. The fourth-order valence-electron chi connectivity index (χ4n) is 4.34. The van der Waals surface area contributed by atoms with Gasteiger partial charge in [-0.1, -0.05) is 60.5 Å². The number of nitrogens with one attached hydrogen (secondary N) is 2. The average Bonchev–Trinajstić information content (AvgIpc) is 3.37. The minimum atomic E-state index is -0.919. The molecule has 37 heavy (non-hydrogen) atoms. The Morgan fingerprint density at radius 1 is 0.946 bits per heavy atom. The molecule has 0 bridgehead atoms. The number of thiophene rings is 1. The highest BCUT2D eigenvalue weighted by atomic mass is 32.1. The number of amides is 3. The van der Waals surface area contributed by atoms with Crippen LogP contribution in [0.1, 0.15) is 70.7 Å². The molecule has 0 aliphatic heterocycles. The van der Waals surface area contributed by atoms with Gasteiger partial charge in [0.15, 0.2) is 0 Å². The molecule has 7 heteroatoms. The van der Waals surface area contributed by atoms with E-state index in [4.69, 9.17) is 0 Å². The van der Waals surface area contributed by atoms with E-state index in [1.165, 1.54) is 11.3 Å². The zero-order chi connectivity index (χ0) is 27.3. The predicted octanol–water partition coefficient (Wildman–Crippen LogP) is 5.79. The number of carbonyl (C=O) groups is 3. The fraction of sp³-hybridized carbons (Fsp3) is 0.367. The first-order valence-electron chi connectivity index (χ1n) is 12.5. The summed E-state index contributed by atoms with van der Waals surface area (Å²) in [5.74, 6) is -0.952. The third-order valence-corrected chi connectivity index (χ3v) is 7.40. The van der Waals surface area contributed by atoms with E-state index < -0.39 is 11.6 Å². The van der Waals surface area contributed by atoms with Crippen molar-refractivity contribution in [1.29, 1.82) is 0 Å². The smallest absolute Gasteiger partial charge is 0.261 e. The maximum atomic E-state index is 14.0. The lowest BCUT2D eigenvalue weighted by atomic mass is 9.96. The van der Waals surface area contributed by atoms with Crippen molar-refractivity contribution in [1.82, 2.24) is 10.6 Å². The predicted molar refractivity (Wildman–Crippen MR) is 151 cm³/mol. The second-order valence-corrected chi connectivity index (χ2v) is 11.2. The molecule has 3 rings (SSSR count). The summed E-state index contributed by atoms with van der Waals surface area (Å²) < 4.78 is 0. The SMILES string of the molecule is CCC(C)(C)NC(=O)[C@H](c1ccc(C)cc1)N(C(=O)CNC(=O)c1cccs1)c1c(C)cc(C)cc1C. The van der Waals surface area contributed by atoms with Gasteiger partial charge in [-0.05, 0) is 76.1 Å². The third kappa shape index (κ3) is 6.86. The molecule has 0 spiro atoms. The molecule has 3 aromatic rings. The highest BCUT2D eigenvalue weighted by molar-refractivity contribution is 7.12. The lowest BCUT2D eigenvalue weighted by molar-refractivity contribution is -0.127. The number of benzene rings is 2. The second kappa shape index (κ2) is 11.7. The Hall–Kier alpha value is -3.45. The van der Waals surface area contributed by atoms with E-state index in [-0.39, 0.29) is 24.3 Å². The quantitative estimate of drug-likeness (QED) is 0.376. The Balaban J connectivity index is 2.12. The molecule has 2 N–H and O–H groups in total. The van der Waals surface area contributed by atoms with Gasteiger partial charge in [-0.15, -0.1) is 11.3 Å². The molecule has 1 heterocycles. The van der Waals surface area contributed by atoms with Gasteiger partial charge in [0.25, 0.3) is 5.91 Å². The molecule has 1 atom stereocenters. The maximum Gasteiger partial charge on any atom is 0.261 e. The summed E-state index contributed by atoms with van der Waals surface area (Å²) in [4.78, 5) is 42.6. The van der Waals surface area contributed by atoms with E-state index >= 15 is 0 Å². The van der Waals surface area contributed by atoms with Crippen LogP contribution in [-0.4, -0.2) is 29.8 Å². The number of aryl methyl sites for hydroxylation is 4. The van der Waals surface area contributed by atoms with Crippen molar-refractivity contribution < 1.29 is 14.4 Å². The lowest BCUT2D eigenvalue weighted by Gasteiger charge is -2.36. The minimum absolute atomic E-state index is 0.240. The highest BCUT2D eigenvalue weighted by Crippen LogP contribution is 2.34. The summed E-state index contributed by atoms with van der Waals surface area (Å²) in [5, 5.41) is 7.71. The van der Waals surface area contributed by atoms with Crippen molar-refractivity contribution in [3.63, 3.8) is 0 Å². The summed E-state index contributed by atoms with van der Waals surface area (Å²) >= 11 is 1.31. The van der Waals surface area contributed by atoms with Gasteiger partial charge in [0, 0.05) is 5.54 Å². The zero-order valence-electron chi connectivity index (χ0n) is 22.8. The average molecular weight is 520 g/mol. The van der Waals surface area contributed by atoms with Crippen molar-refractivity contribution in [2.75, 3.05) is 11.4 Å². The van der Waals surface area contributed by atoms with Crippen molar-refractivity contribution in [2.45, 2.75) is 66.5 Å². The Labute approximate surface area is 224 Å². The monoisotopic (exact) mass is 519 g/mol. The number of hydrogen-bond donors (Lipinski definition) is 2. The largest absolute Gasteiger partial charge is 0.349 e. The molecule has 0 aliphatic carbocycles. The number of rotatable bonds is 9.